The highest BCUT2D eigenvalue weighted by Gasteiger charge is 2.46. The second-order valence-electron chi connectivity index (χ2n) is 5.75. The predicted molar refractivity (Wildman–Crippen MR) is 80.7 cm³/mol. The molecule has 1 fully saturated rings. The van der Waals surface area contributed by atoms with Gasteiger partial charge in [-0.2, -0.15) is 0 Å². The molecule has 2 rings (SSSR count). The zero-order chi connectivity index (χ0) is 15.5. The van der Waals surface area contributed by atoms with E-state index in [1.54, 1.807) is 19.1 Å². The molecule has 1 aromatic carbocycles. The third-order valence-electron chi connectivity index (χ3n) is 3.90. The number of carbonyl (C=O) groups excluding carboxylic acids is 1. The monoisotopic (exact) mass is 294 g/mol. The third-order valence-corrected chi connectivity index (χ3v) is 3.90. The van der Waals surface area contributed by atoms with Crippen LogP contribution in [0.5, 0.6) is 0 Å². The van der Waals surface area contributed by atoms with E-state index in [9.17, 15) is 9.18 Å². The van der Waals surface area contributed by atoms with Crippen LogP contribution in [-0.4, -0.2) is 42.1 Å². The summed E-state index contributed by atoms with van der Waals surface area (Å²) in [4.78, 5) is 14.6. The van der Waals surface area contributed by atoms with Gasteiger partial charge in [0.05, 0.1) is 6.61 Å². The van der Waals surface area contributed by atoms with E-state index in [2.05, 4.69) is 24.1 Å². The highest BCUT2D eigenvalue weighted by Crippen LogP contribution is 2.29. The molecule has 1 aromatic rings. The molecular formula is C16H23FN2O2. The number of nitrogens with zero attached hydrogens (tertiary/aromatic N) is 1. The Balaban J connectivity index is 2.23. The standard InChI is InChI=1S/C16H23FN2O2/c1-4-21-15(20)16(8-9-19(11-16)12(2)3)18-14-7-5-6-13(17)10-14/h5-7,10,12,18H,4,8-9,11H2,1-3H3. The van der Waals surface area contributed by atoms with Gasteiger partial charge in [0.15, 0.2) is 0 Å². The van der Waals surface area contributed by atoms with Gasteiger partial charge in [0.25, 0.3) is 0 Å². The molecule has 0 radical (unpaired) electrons. The number of likely N-dealkylation sites (tertiary alicyclic amines) is 1. The first kappa shape index (κ1) is 15.8. The van der Waals surface area contributed by atoms with E-state index in [1.807, 2.05) is 0 Å². The first-order valence-corrected chi connectivity index (χ1v) is 7.42. The van der Waals surface area contributed by atoms with Crippen molar-refractivity contribution in [3.63, 3.8) is 0 Å². The Morgan fingerprint density at radius 3 is 2.86 bits per heavy atom. The Morgan fingerprint density at radius 1 is 1.52 bits per heavy atom. The molecule has 0 spiro atoms. The van der Waals surface area contributed by atoms with E-state index in [1.165, 1.54) is 12.1 Å². The average Bonchev–Trinajstić information content (AvgIpc) is 2.85. The zero-order valence-corrected chi connectivity index (χ0v) is 12.9. The van der Waals surface area contributed by atoms with Gasteiger partial charge in [-0.05, 0) is 45.4 Å². The molecule has 1 unspecified atom stereocenters. The van der Waals surface area contributed by atoms with Crippen LogP contribution in [0.2, 0.25) is 0 Å². The van der Waals surface area contributed by atoms with Crippen LogP contribution in [0, 0.1) is 5.82 Å². The minimum absolute atomic E-state index is 0.266. The topological polar surface area (TPSA) is 41.6 Å². The lowest BCUT2D eigenvalue weighted by Crippen LogP contribution is -2.50. The number of nitrogens with one attached hydrogen (secondary N) is 1. The van der Waals surface area contributed by atoms with Gasteiger partial charge in [-0.25, -0.2) is 9.18 Å². The van der Waals surface area contributed by atoms with E-state index in [0.29, 0.717) is 31.3 Å². The summed E-state index contributed by atoms with van der Waals surface area (Å²) in [5.41, 5.74) is -0.192. The molecule has 116 valence electrons. The summed E-state index contributed by atoms with van der Waals surface area (Å²) in [6, 6.07) is 6.54. The van der Waals surface area contributed by atoms with Crippen LogP contribution < -0.4 is 5.32 Å². The van der Waals surface area contributed by atoms with Gasteiger partial charge in [0.2, 0.25) is 0 Å². The van der Waals surface area contributed by atoms with E-state index < -0.39 is 5.54 Å². The first-order chi connectivity index (χ1) is 9.97. The number of esters is 1. The van der Waals surface area contributed by atoms with Crippen molar-refractivity contribution in [1.29, 1.82) is 0 Å². The Bertz CT molecular complexity index is 507. The van der Waals surface area contributed by atoms with Gasteiger partial charge >= 0.3 is 5.97 Å². The normalized spacial score (nSPS) is 22.5. The van der Waals surface area contributed by atoms with Crippen molar-refractivity contribution in [2.45, 2.75) is 38.8 Å². The quantitative estimate of drug-likeness (QED) is 0.848. The second kappa shape index (κ2) is 6.43. The van der Waals surface area contributed by atoms with Crippen LogP contribution in [0.25, 0.3) is 0 Å². The largest absolute Gasteiger partial charge is 0.464 e. The molecule has 5 heteroatoms. The average molecular weight is 294 g/mol. The van der Waals surface area contributed by atoms with Gasteiger partial charge in [-0.1, -0.05) is 6.07 Å². The first-order valence-electron chi connectivity index (χ1n) is 7.42. The van der Waals surface area contributed by atoms with Crippen molar-refractivity contribution in [1.82, 2.24) is 4.90 Å². The van der Waals surface area contributed by atoms with Crippen LogP contribution >= 0.6 is 0 Å². The van der Waals surface area contributed by atoms with E-state index in [4.69, 9.17) is 4.74 Å². The lowest BCUT2D eigenvalue weighted by atomic mass is 9.98. The number of ether oxygens (including phenoxy) is 1. The van der Waals surface area contributed by atoms with Crippen molar-refractivity contribution in [3.05, 3.63) is 30.1 Å². The summed E-state index contributed by atoms with van der Waals surface area (Å²) in [6.07, 6.45) is 0.653. The molecule has 1 aliphatic rings. The van der Waals surface area contributed by atoms with Crippen LogP contribution in [-0.2, 0) is 9.53 Å². The predicted octanol–water partition coefficient (Wildman–Crippen LogP) is 2.65. The maximum atomic E-state index is 13.4. The van der Waals surface area contributed by atoms with Crippen molar-refractivity contribution < 1.29 is 13.9 Å². The fourth-order valence-electron chi connectivity index (χ4n) is 2.71. The van der Waals surface area contributed by atoms with Crippen molar-refractivity contribution >= 4 is 11.7 Å². The number of anilines is 1. The van der Waals surface area contributed by atoms with Gasteiger partial charge in [0, 0.05) is 24.8 Å². The Morgan fingerprint density at radius 2 is 2.29 bits per heavy atom. The van der Waals surface area contributed by atoms with Crippen molar-refractivity contribution in [2.24, 2.45) is 0 Å². The van der Waals surface area contributed by atoms with E-state index in [-0.39, 0.29) is 11.8 Å². The van der Waals surface area contributed by atoms with E-state index >= 15 is 0 Å². The number of hydrogen-bond donors (Lipinski definition) is 1. The molecule has 1 N–H and O–H groups in total. The van der Waals surface area contributed by atoms with Gasteiger partial charge in [0.1, 0.15) is 11.4 Å². The fourth-order valence-corrected chi connectivity index (χ4v) is 2.71. The lowest BCUT2D eigenvalue weighted by Gasteiger charge is -2.30. The summed E-state index contributed by atoms with van der Waals surface area (Å²) in [6.45, 7) is 7.72. The van der Waals surface area contributed by atoms with Crippen LogP contribution in [0.15, 0.2) is 24.3 Å². The maximum Gasteiger partial charge on any atom is 0.333 e. The number of hydrogen-bond acceptors (Lipinski definition) is 4. The summed E-state index contributed by atoms with van der Waals surface area (Å²) in [5, 5.41) is 3.21. The molecule has 0 aromatic heterocycles. The number of halogens is 1. The zero-order valence-electron chi connectivity index (χ0n) is 12.9. The van der Waals surface area contributed by atoms with Gasteiger partial charge < -0.3 is 10.1 Å². The number of carbonyl (C=O) groups is 1. The van der Waals surface area contributed by atoms with E-state index in [0.717, 1.165) is 6.54 Å². The number of rotatable bonds is 5. The SMILES string of the molecule is CCOC(=O)C1(Nc2cccc(F)c2)CCN(C(C)C)C1. The Labute approximate surface area is 125 Å². The van der Waals surface area contributed by atoms with Crippen LogP contribution in [0.3, 0.4) is 0 Å². The summed E-state index contributed by atoms with van der Waals surface area (Å²) in [7, 11) is 0. The summed E-state index contributed by atoms with van der Waals surface area (Å²) < 4.78 is 18.6. The van der Waals surface area contributed by atoms with Crippen LogP contribution in [0.4, 0.5) is 10.1 Å². The van der Waals surface area contributed by atoms with Crippen molar-refractivity contribution in [2.75, 3.05) is 25.0 Å². The molecule has 1 atom stereocenters. The molecule has 1 heterocycles. The van der Waals surface area contributed by atoms with Gasteiger partial charge in [-0.15, -0.1) is 0 Å². The molecule has 1 saturated heterocycles. The Kier molecular flexibility index (Phi) is 4.83. The van der Waals surface area contributed by atoms with Gasteiger partial charge in [-0.3, -0.25) is 4.90 Å². The molecule has 0 aliphatic carbocycles. The van der Waals surface area contributed by atoms with Crippen molar-refractivity contribution in [3.8, 4) is 0 Å². The molecule has 0 amide bonds. The molecule has 1 aliphatic heterocycles. The third kappa shape index (κ3) is 3.53. The summed E-state index contributed by atoms with van der Waals surface area (Å²) >= 11 is 0. The maximum absolute atomic E-state index is 13.4. The lowest BCUT2D eigenvalue weighted by molar-refractivity contribution is -0.148. The second-order valence-corrected chi connectivity index (χ2v) is 5.75. The molecule has 21 heavy (non-hydrogen) atoms. The molecular weight excluding hydrogens is 271 g/mol. The molecule has 0 bridgehead atoms. The highest BCUT2D eigenvalue weighted by molar-refractivity contribution is 5.85. The number of benzene rings is 1. The minimum atomic E-state index is -0.798. The Hall–Kier alpha value is -1.62. The smallest absolute Gasteiger partial charge is 0.333 e. The fraction of sp³-hybridized carbons (Fsp3) is 0.562. The summed E-state index contributed by atoms with van der Waals surface area (Å²) in [5.74, 6) is -0.588. The minimum Gasteiger partial charge on any atom is -0.464 e. The highest BCUT2D eigenvalue weighted by atomic mass is 19.1. The van der Waals surface area contributed by atoms with Crippen LogP contribution in [0.1, 0.15) is 27.2 Å². The molecule has 4 nitrogen and oxygen atoms in total. The molecule has 0 saturated carbocycles.